The molecule has 0 aliphatic rings. The minimum Gasteiger partial charge on any atom is -0.465 e. The van der Waals surface area contributed by atoms with E-state index in [4.69, 9.17) is 5.73 Å². The Labute approximate surface area is 150 Å². The van der Waals surface area contributed by atoms with E-state index in [9.17, 15) is 4.79 Å². The van der Waals surface area contributed by atoms with Crippen molar-refractivity contribution in [2.75, 3.05) is 23.5 Å². The van der Waals surface area contributed by atoms with E-state index in [1.807, 2.05) is 19.1 Å². The Morgan fingerprint density at radius 1 is 1.00 bits per heavy atom. The molecule has 0 saturated heterocycles. The highest BCUT2D eigenvalue weighted by Crippen LogP contribution is 2.27. The van der Waals surface area contributed by atoms with Gasteiger partial charge in [0.15, 0.2) is 11.6 Å². The number of anilines is 5. The van der Waals surface area contributed by atoms with Crippen LogP contribution in [0, 0.1) is 6.92 Å². The summed E-state index contributed by atoms with van der Waals surface area (Å²) in [6, 6.07) is 10.6. The van der Waals surface area contributed by atoms with Crippen LogP contribution in [-0.2, 0) is 4.74 Å². The molecule has 2 aromatic heterocycles. The third kappa shape index (κ3) is 3.86. The number of carbonyl (C=O) groups excluding carboxylic acids is 1. The molecule has 0 amide bonds. The van der Waals surface area contributed by atoms with Crippen LogP contribution in [0.3, 0.4) is 0 Å². The number of nitrogens with zero attached hydrogens (tertiary/aromatic N) is 3. The van der Waals surface area contributed by atoms with Gasteiger partial charge in [-0.2, -0.15) is 0 Å². The van der Waals surface area contributed by atoms with Crippen molar-refractivity contribution < 1.29 is 9.53 Å². The number of hydrogen-bond donors (Lipinski definition) is 3. The number of methoxy groups -OCH3 is 1. The third-order valence-corrected chi connectivity index (χ3v) is 3.61. The van der Waals surface area contributed by atoms with Crippen LogP contribution in [0.15, 0.2) is 48.9 Å². The molecule has 1 aromatic carbocycles. The zero-order valence-electron chi connectivity index (χ0n) is 14.4. The summed E-state index contributed by atoms with van der Waals surface area (Å²) in [5.74, 6) is 1.13. The first-order valence-corrected chi connectivity index (χ1v) is 7.82. The number of nitrogen functional groups attached to an aromatic ring is 1. The fourth-order valence-electron chi connectivity index (χ4n) is 2.20. The molecule has 2 heterocycles. The Morgan fingerprint density at radius 2 is 1.69 bits per heavy atom. The summed E-state index contributed by atoms with van der Waals surface area (Å²) in [5.41, 5.74) is 8.75. The van der Waals surface area contributed by atoms with Crippen LogP contribution in [0.25, 0.3) is 0 Å². The van der Waals surface area contributed by atoms with Crippen LogP contribution in [-0.4, -0.2) is 28.0 Å². The monoisotopic (exact) mass is 350 g/mol. The van der Waals surface area contributed by atoms with E-state index in [1.165, 1.54) is 13.4 Å². The number of nitrogens with one attached hydrogen (secondary N) is 2. The molecule has 0 saturated carbocycles. The van der Waals surface area contributed by atoms with E-state index in [2.05, 4.69) is 30.3 Å². The van der Waals surface area contributed by atoms with Crippen molar-refractivity contribution in [3.63, 3.8) is 0 Å². The molecule has 0 spiro atoms. The zero-order valence-corrected chi connectivity index (χ0v) is 14.4. The number of esters is 1. The highest BCUT2D eigenvalue weighted by molar-refractivity contribution is 5.90. The largest absolute Gasteiger partial charge is 0.465 e. The van der Waals surface area contributed by atoms with Crippen molar-refractivity contribution >= 4 is 34.8 Å². The number of carbonyl (C=O) groups is 1. The predicted octanol–water partition coefficient (Wildman–Crippen LogP) is 3.04. The second-order valence-corrected chi connectivity index (χ2v) is 5.52. The minimum atomic E-state index is -0.393. The maximum Gasteiger partial charge on any atom is 0.337 e. The van der Waals surface area contributed by atoms with E-state index in [1.54, 1.807) is 30.5 Å². The van der Waals surface area contributed by atoms with Crippen molar-refractivity contribution in [2.24, 2.45) is 0 Å². The van der Waals surface area contributed by atoms with E-state index in [0.717, 1.165) is 11.3 Å². The highest BCUT2D eigenvalue weighted by Gasteiger charge is 2.10. The molecule has 26 heavy (non-hydrogen) atoms. The van der Waals surface area contributed by atoms with Crippen LogP contribution in [0.1, 0.15) is 15.9 Å². The van der Waals surface area contributed by atoms with Crippen LogP contribution in [0.5, 0.6) is 0 Å². The molecule has 0 atom stereocenters. The second kappa shape index (κ2) is 7.47. The molecular weight excluding hydrogens is 332 g/mol. The van der Waals surface area contributed by atoms with Gasteiger partial charge >= 0.3 is 5.97 Å². The number of rotatable bonds is 5. The van der Waals surface area contributed by atoms with Gasteiger partial charge in [0, 0.05) is 11.9 Å². The summed E-state index contributed by atoms with van der Waals surface area (Å²) < 4.78 is 4.68. The normalized spacial score (nSPS) is 10.2. The fraction of sp³-hybridized carbons (Fsp3) is 0.111. The molecular formula is C18H18N6O2. The van der Waals surface area contributed by atoms with Crippen molar-refractivity contribution in [3.8, 4) is 0 Å². The second-order valence-electron chi connectivity index (χ2n) is 5.52. The summed E-state index contributed by atoms with van der Waals surface area (Å²) in [7, 11) is 1.34. The van der Waals surface area contributed by atoms with Crippen LogP contribution in [0.4, 0.5) is 28.8 Å². The molecule has 3 aromatic rings. The van der Waals surface area contributed by atoms with Gasteiger partial charge in [0.05, 0.1) is 12.7 Å². The number of benzene rings is 1. The highest BCUT2D eigenvalue weighted by atomic mass is 16.5. The smallest absolute Gasteiger partial charge is 0.337 e. The molecule has 0 aliphatic carbocycles. The molecule has 0 aliphatic heterocycles. The van der Waals surface area contributed by atoms with Crippen LogP contribution in [0.2, 0.25) is 0 Å². The predicted molar refractivity (Wildman–Crippen MR) is 99.8 cm³/mol. The maximum atomic E-state index is 11.5. The van der Waals surface area contributed by atoms with Crippen molar-refractivity contribution in [2.45, 2.75) is 6.92 Å². The number of nitrogens with two attached hydrogens (primary N) is 1. The Kier molecular flexibility index (Phi) is 4.93. The average Bonchev–Trinajstić information content (AvgIpc) is 2.66. The van der Waals surface area contributed by atoms with Gasteiger partial charge in [0.2, 0.25) is 0 Å². The summed E-state index contributed by atoms with van der Waals surface area (Å²) in [5, 5.41) is 6.17. The number of ether oxygens (including phenoxy) is 1. The Morgan fingerprint density at radius 3 is 2.31 bits per heavy atom. The molecule has 0 fully saturated rings. The van der Waals surface area contributed by atoms with Gasteiger partial charge in [-0.3, -0.25) is 0 Å². The van der Waals surface area contributed by atoms with Gasteiger partial charge in [-0.1, -0.05) is 6.07 Å². The standard InChI is InChI=1S/C18H18N6O2/c1-11-3-8-14(20-9-11)24-17-15(19)16(21-10-22-17)23-13-6-4-12(5-7-13)18(25)26-2/h3-10H,19H2,1-2H3,(H2,20,21,22,23,24). The van der Waals surface area contributed by atoms with Crippen molar-refractivity contribution in [1.82, 2.24) is 15.0 Å². The number of aromatic nitrogens is 3. The Balaban J connectivity index is 1.78. The van der Waals surface area contributed by atoms with E-state index in [0.29, 0.717) is 28.7 Å². The quantitative estimate of drug-likeness (QED) is 0.601. The molecule has 0 radical (unpaired) electrons. The van der Waals surface area contributed by atoms with E-state index < -0.39 is 5.97 Å². The fourth-order valence-corrected chi connectivity index (χ4v) is 2.20. The lowest BCUT2D eigenvalue weighted by molar-refractivity contribution is 0.0601. The lowest BCUT2D eigenvalue weighted by Crippen LogP contribution is -2.06. The van der Waals surface area contributed by atoms with E-state index in [-0.39, 0.29) is 0 Å². The summed E-state index contributed by atoms with van der Waals surface area (Å²) >= 11 is 0. The summed E-state index contributed by atoms with van der Waals surface area (Å²) in [4.78, 5) is 24.1. The number of aryl methyl sites for hydroxylation is 1. The summed E-state index contributed by atoms with van der Waals surface area (Å²) in [6.45, 7) is 1.96. The number of pyridine rings is 1. The molecule has 132 valence electrons. The topological polar surface area (TPSA) is 115 Å². The molecule has 0 bridgehead atoms. The lowest BCUT2D eigenvalue weighted by atomic mass is 10.2. The van der Waals surface area contributed by atoms with Gasteiger partial charge in [-0.15, -0.1) is 0 Å². The molecule has 8 heteroatoms. The summed E-state index contributed by atoms with van der Waals surface area (Å²) in [6.07, 6.45) is 3.15. The van der Waals surface area contributed by atoms with Gasteiger partial charge in [0.1, 0.15) is 17.8 Å². The first kappa shape index (κ1) is 17.2. The van der Waals surface area contributed by atoms with Crippen LogP contribution >= 0.6 is 0 Å². The van der Waals surface area contributed by atoms with Crippen molar-refractivity contribution in [3.05, 3.63) is 60.0 Å². The van der Waals surface area contributed by atoms with Gasteiger partial charge < -0.3 is 21.1 Å². The average molecular weight is 350 g/mol. The van der Waals surface area contributed by atoms with Crippen molar-refractivity contribution in [1.29, 1.82) is 0 Å². The SMILES string of the molecule is COC(=O)c1ccc(Nc2ncnc(Nc3ccc(C)cn3)c2N)cc1. The minimum absolute atomic E-state index is 0.354. The first-order chi connectivity index (χ1) is 12.6. The molecule has 4 N–H and O–H groups in total. The number of hydrogen-bond acceptors (Lipinski definition) is 8. The maximum absolute atomic E-state index is 11.5. The first-order valence-electron chi connectivity index (χ1n) is 7.82. The Hall–Kier alpha value is -3.68. The van der Waals surface area contributed by atoms with Gasteiger partial charge in [0.25, 0.3) is 0 Å². The van der Waals surface area contributed by atoms with E-state index >= 15 is 0 Å². The molecule has 3 rings (SSSR count). The van der Waals surface area contributed by atoms with Gasteiger partial charge in [-0.05, 0) is 42.8 Å². The Bertz CT molecular complexity index is 910. The third-order valence-electron chi connectivity index (χ3n) is 3.61. The lowest BCUT2D eigenvalue weighted by Gasteiger charge is -2.12. The van der Waals surface area contributed by atoms with Crippen LogP contribution < -0.4 is 16.4 Å². The molecule has 0 unspecified atom stereocenters. The van der Waals surface area contributed by atoms with Gasteiger partial charge in [-0.25, -0.2) is 19.7 Å². The zero-order chi connectivity index (χ0) is 18.5. The molecule has 8 nitrogen and oxygen atoms in total.